The molecule has 2 aromatic carbocycles. The van der Waals surface area contributed by atoms with Gasteiger partial charge in [-0.2, -0.15) is 0 Å². The van der Waals surface area contributed by atoms with Crippen molar-refractivity contribution in [1.29, 1.82) is 0 Å². The van der Waals surface area contributed by atoms with Gasteiger partial charge in [0.05, 0.1) is 20.8 Å². The van der Waals surface area contributed by atoms with Crippen molar-refractivity contribution in [2.45, 2.75) is 26.7 Å². The lowest BCUT2D eigenvalue weighted by Crippen LogP contribution is -2.23. The maximum atomic E-state index is 11.3. The van der Waals surface area contributed by atoms with Crippen LogP contribution in [0.3, 0.4) is 0 Å². The number of rotatable bonds is 8. The Morgan fingerprint density at radius 2 is 1.62 bits per heavy atom. The van der Waals surface area contributed by atoms with Crippen molar-refractivity contribution in [3.63, 3.8) is 0 Å². The zero-order valence-corrected chi connectivity index (χ0v) is 17.6. The third-order valence-corrected chi connectivity index (χ3v) is 5.50. The van der Waals surface area contributed by atoms with Gasteiger partial charge in [-0.1, -0.05) is 26.0 Å². The predicted molar refractivity (Wildman–Crippen MR) is 109 cm³/mol. The Morgan fingerprint density at radius 1 is 0.966 bits per heavy atom. The monoisotopic (exact) mass is 400 g/mol. The van der Waals surface area contributed by atoms with Gasteiger partial charge in [-0.15, -0.1) is 0 Å². The number of carbonyl (C=O) groups is 1. The molecule has 3 atom stereocenters. The lowest BCUT2D eigenvalue weighted by Gasteiger charge is -2.30. The normalized spacial score (nSPS) is 15.3. The van der Waals surface area contributed by atoms with Crippen molar-refractivity contribution in [2.75, 3.05) is 27.6 Å². The van der Waals surface area contributed by atoms with E-state index < -0.39 is 0 Å². The van der Waals surface area contributed by atoms with Crippen LogP contribution in [0.5, 0.6) is 23.0 Å². The van der Waals surface area contributed by atoms with Crippen LogP contribution in [-0.2, 0) is 9.53 Å². The van der Waals surface area contributed by atoms with Crippen molar-refractivity contribution < 1.29 is 28.5 Å². The summed E-state index contributed by atoms with van der Waals surface area (Å²) < 4.78 is 27.2. The van der Waals surface area contributed by atoms with E-state index in [1.54, 1.807) is 14.2 Å². The van der Waals surface area contributed by atoms with Gasteiger partial charge in [-0.3, -0.25) is 4.79 Å². The summed E-state index contributed by atoms with van der Waals surface area (Å²) in [6.45, 7) is 6.29. The molecule has 0 amide bonds. The third-order valence-electron chi connectivity index (χ3n) is 5.50. The van der Waals surface area contributed by atoms with Gasteiger partial charge in [0.1, 0.15) is 0 Å². The lowest BCUT2D eigenvalue weighted by atomic mass is 9.76. The molecule has 0 bridgehead atoms. The molecule has 6 heteroatoms. The van der Waals surface area contributed by atoms with Gasteiger partial charge >= 0.3 is 5.97 Å². The van der Waals surface area contributed by atoms with E-state index in [2.05, 4.69) is 19.9 Å². The summed E-state index contributed by atoms with van der Waals surface area (Å²) >= 11 is 0. The van der Waals surface area contributed by atoms with Gasteiger partial charge < -0.3 is 23.7 Å². The van der Waals surface area contributed by atoms with Gasteiger partial charge in [0.15, 0.2) is 23.0 Å². The maximum Gasteiger partial charge on any atom is 0.302 e. The minimum absolute atomic E-state index is 0.0369. The molecule has 0 fully saturated rings. The number of esters is 1. The van der Waals surface area contributed by atoms with E-state index in [0.717, 1.165) is 22.6 Å². The molecule has 0 saturated carbocycles. The van der Waals surface area contributed by atoms with Crippen LogP contribution in [0.1, 0.15) is 37.8 Å². The highest BCUT2D eigenvalue weighted by Gasteiger charge is 2.29. The lowest BCUT2D eigenvalue weighted by molar-refractivity contribution is -0.142. The van der Waals surface area contributed by atoms with Crippen molar-refractivity contribution in [3.05, 3.63) is 47.5 Å². The number of hydrogen-bond acceptors (Lipinski definition) is 6. The summed E-state index contributed by atoms with van der Waals surface area (Å²) in [5.74, 6) is 2.94. The smallest absolute Gasteiger partial charge is 0.302 e. The molecular formula is C23H28O6. The molecule has 156 valence electrons. The Balaban J connectivity index is 2.00. The molecule has 2 aromatic rings. The van der Waals surface area contributed by atoms with Gasteiger partial charge in [-0.25, -0.2) is 0 Å². The second-order valence-electron chi connectivity index (χ2n) is 7.34. The summed E-state index contributed by atoms with van der Waals surface area (Å²) in [5.41, 5.74) is 2.19. The number of fused-ring (bicyclic) bond motifs is 1. The topological polar surface area (TPSA) is 63.2 Å². The first-order valence-corrected chi connectivity index (χ1v) is 9.69. The van der Waals surface area contributed by atoms with Crippen LogP contribution in [0.15, 0.2) is 36.4 Å². The second kappa shape index (κ2) is 9.07. The van der Waals surface area contributed by atoms with E-state index in [9.17, 15) is 4.79 Å². The van der Waals surface area contributed by atoms with Crippen LogP contribution in [0.2, 0.25) is 0 Å². The molecule has 0 aliphatic carbocycles. The molecule has 0 radical (unpaired) electrons. The number of hydrogen-bond donors (Lipinski definition) is 0. The molecular weight excluding hydrogens is 372 g/mol. The summed E-state index contributed by atoms with van der Waals surface area (Å²) in [6.07, 6.45) is 0. The molecule has 0 unspecified atom stereocenters. The van der Waals surface area contributed by atoms with Crippen LogP contribution >= 0.6 is 0 Å². The Morgan fingerprint density at radius 3 is 2.31 bits per heavy atom. The average Bonchev–Trinajstić information content (AvgIpc) is 3.19. The van der Waals surface area contributed by atoms with E-state index in [0.29, 0.717) is 18.1 Å². The second-order valence-corrected chi connectivity index (χ2v) is 7.34. The van der Waals surface area contributed by atoms with Crippen LogP contribution in [0, 0.1) is 11.8 Å². The summed E-state index contributed by atoms with van der Waals surface area (Å²) in [7, 11) is 3.25. The zero-order valence-electron chi connectivity index (χ0n) is 17.6. The number of benzene rings is 2. The van der Waals surface area contributed by atoms with Gasteiger partial charge in [0, 0.05) is 12.8 Å². The fraction of sp³-hybridized carbons (Fsp3) is 0.435. The van der Waals surface area contributed by atoms with Crippen LogP contribution in [0.25, 0.3) is 0 Å². The van der Waals surface area contributed by atoms with E-state index in [1.165, 1.54) is 6.92 Å². The van der Waals surface area contributed by atoms with Gasteiger partial charge in [-0.05, 0) is 47.2 Å². The highest BCUT2D eigenvalue weighted by molar-refractivity contribution is 5.65. The first-order chi connectivity index (χ1) is 13.9. The fourth-order valence-corrected chi connectivity index (χ4v) is 3.68. The molecule has 3 rings (SSSR count). The van der Waals surface area contributed by atoms with E-state index in [4.69, 9.17) is 23.7 Å². The minimum Gasteiger partial charge on any atom is -0.493 e. The Hall–Kier alpha value is -2.89. The molecule has 0 saturated heterocycles. The Kier molecular flexibility index (Phi) is 6.52. The number of methoxy groups -OCH3 is 2. The summed E-state index contributed by atoms with van der Waals surface area (Å²) in [5, 5.41) is 0. The van der Waals surface area contributed by atoms with Gasteiger partial charge in [0.25, 0.3) is 0 Å². The quantitative estimate of drug-likeness (QED) is 0.612. The molecule has 29 heavy (non-hydrogen) atoms. The maximum absolute atomic E-state index is 11.3. The van der Waals surface area contributed by atoms with Crippen LogP contribution < -0.4 is 18.9 Å². The van der Waals surface area contributed by atoms with E-state index >= 15 is 0 Å². The molecule has 1 aliphatic rings. The van der Waals surface area contributed by atoms with Crippen molar-refractivity contribution in [3.8, 4) is 23.0 Å². The Bertz CT molecular complexity index is 862. The molecule has 1 heterocycles. The molecule has 1 aliphatic heterocycles. The van der Waals surface area contributed by atoms with Crippen molar-refractivity contribution in [2.24, 2.45) is 11.8 Å². The van der Waals surface area contributed by atoms with Gasteiger partial charge in [0.2, 0.25) is 6.79 Å². The van der Waals surface area contributed by atoms with E-state index in [1.807, 2.05) is 30.3 Å². The average molecular weight is 400 g/mol. The number of carbonyl (C=O) groups excluding carboxylic acids is 1. The number of ether oxygens (including phenoxy) is 5. The largest absolute Gasteiger partial charge is 0.493 e. The van der Waals surface area contributed by atoms with Crippen LogP contribution in [0.4, 0.5) is 0 Å². The highest BCUT2D eigenvalue weighted by Crippen LogP contribution is 2.43. The summed E-state index contributed by atoms with van der Waals surface area (Å²) in [4.78, 5) is 11.3. The third kappa shape index (κ3) is 4.58. The molecule has 0 spiro atoms. The van der Waals surface area contributed by atoms with E-state index in [-0.39, 0.29) is 30.5 Å². The highest BCUT2D eigenvalue weighted by atomic mass is 16.7. The minimum atomic E-state index is -0.269. The standard InChI is InChI=1S/C23H28O6/c1-14(12-27-16(3)24)15(2)23(17-6-8-19(25-4)21(10-17)26-5)18-7-9-20-22(11-18)29-13-28-20/h6-11,14-15,23H,12-13H2,1-5H3/t14-,15+,23-/m1/s1. The zero-order chi connectivity index (χ0) is 21.0. The van der Waals surface area contributed by atoms with Crippen LogP contribution in [-0.4, -0.2) is 33.6 Å². The molecule has 0 N–H and O–H groups in total. The Labute approximate surface area is 171 Å². The molecule has 6 nitrogen and oxygen atoms in total. The van der Waals surface area contributed by atoms with Crippen molar-refractivity contribution in [1.82, 2.24) is 0 Å². The summed E-state index contributed by atoms with van der Waals surface area (Å²) in [6, 6.07) is 12.0. The first-order valence-electron chi connectivity index (χ1n) is 9.69. The molecule has 0 aromatic heterocycles. The SMILES string of the molecule is COc1ccc([C@H](c2ccc3c(c2)OCO3)[C@@H](C)[C@H](C)COC(C)=O)cc1OC. The predicted octanol–water partition coefficient (Wildman–Crippen LogP) is 4.40. The fourth-order valence-electron chi connectivity index (χ4n) is 3.68. The van der Waals surface area contributed by atoms with Crippen molar-refractivity contribution >= 4 is 5.97 Å². The first kappa shape index (κ1) is 20.8.